The Labute approximate surface area is 232 Å². The topological polar surface area (TPSA) is 121 Å². The molecule has 40 heavy (non-hydrogen) atoms. The van der Waals surface area contributed by atoms with Crippen molar-refractivity contribution >= 4 is 22.6 Å². The van der Waals surface area contributed by atoms with Gasteiger partial charge in [0, 0.05) is 40.7 Å². The number of piperidine rings is 1. The highest BCUT2D eigenvalue weighted by Gasteiger charge is 2.45. The second-order valence-electron chi connectivity index (χ2n) is 11.4. The highest BCUT2D eigenvalue weighted by molar-refractivity contribution is 5.93. The van der Waals surface area contributed by atoms with E-state index in [1.165, 1.54) is 0 Å². The molecule has 1 fully saturated rings. The maximum atomic E-state index is 13.5. The largest absolute Gasteiger partial charge is 0.519 e. The normalized spacial score (nSPS) is 20.8. The van der Waals surface area contributed by atoms with E-state index in [9.17, 15) is 19.8 Å². The predicted octanol–water partition coefficient (Wildman–Crippen LogP) is 3.30. The van der Waals surface area contributed by atoms with Crippen LogP contribution in [0, 0.1) is 6.57 Å². The number of esters is 1. The molecule has 0 spiro atoms. The quantitative estimate of drug-likeness (QED) is 0.259. The van der Waals surface area contributed by atoms with E-state index in [2.05, 4.69) is 28.9 Å². The Morgan fingerprint density at radius 3 is 2.67 bits per heavy atom. The van der Waals surface area contributed by atoms with Crippen molar-refractivity contribution in [1.82, 2.24) is 19.8 Å². The summed E-state index contributed by atoms with van der Waals surface area (Å²) in [6.45, 7) is 16.0. The molecule has 0 saturated carbocycles. The Morgan fingerprint density at radius 1 is 1.25 bits per heavy atom. The number of carbonyl (C=O) groups excluding carboxylic acids is 1. The van der Waals surface area contributed by atoms with Gasteiger partial charge in [-0.2, -0.15) is 0 Å². The number of aromatic nitrogens is 2. The maximum absolute atomic E-state index is 13.5. The lowest BCUT2D eigenvalue weighted by Crippen LogP contribution is -2.44. The first kappa shape index (κ1) is 26.4. The van der Waals surface area contributed by atoms with Gasteiger partial charge in [0.1, 0.15) is 12.4 Å². The van der Waals surface area contributed by atoms with Crippen LogP contribution >= 0.6 is 0 Å². The van der Waals surface area contributed by atoms with E-state index in [0.29, 0.717) is 41.1 Å². The zero-order valence-electron chi connectivity index (χ0n) is 23.0. The molecule has 0 bridgehead atoms. The van der Waals surface area contributed by atoms with Gasteiger partial charge in [-0.15, -0.1) is 0 Å². The Kier molecular flexibility index (Phi) is 6.41. The van der Waals surface area contributed by atoms with Crippen molar-refractivity contribution in [3.63, 3.8) is 0 Å². The predicted molar refractivity (Wildman–Crippen MR) is 149 cm³/mol. The number of nitrogens with zero attached hydrogens (tertiary/aromatic N) is 4. The zero-order valence-corrected chi connectivity index (χ0v) is 23.0. The Balaban J connectivity index is 1.42. The fourth-order valence-corrected chi connectivity index (χ4v) is 6.36. The van der Waals surface area contributed by atoms with E-state index < -0.39 is 11.6 Å². The van der Waals surface area contributed by atoms with Crippen molar-refractivity contribution < 1.29 is 19.7 Å². The summed E-state index contributed by atoms with van der Waals surface area (Å²) in [6, 6.07) is 6.11. The van der Waals surface area contributed by atoms with Crippen LogP contribution in [-0.4, -0.2) is 55.8 Å². The highest BCUT2D eigenvalue weighted by Crippen LogP contribution is 2.42. The van der Waals surface area contributed by atoms with Crippen molar-refractivity contribution in [3.8, 4) is 17.1 Å². The van der Waals surface area contributed by atoms with Crippen LogP contribution in [0.15, 0.2) is 23.0 Å². The molecule has 10 heteroatoms. The van der Waals surface area contributed by atoms with Crippen LogP contribution in [0.4, 0.5) is 5.69 Å². The summed E-state index contributed by atoms with van der Waals surface area (Å²) in [6.07, 6.45) is 2.08. The van der Waals surface area contributed by atoms with E-state index in [1.54, 1.807) is 23.6 Å². The minimum atomic E-state index is -1.89. The number of carbonyl (C=O) groups is 1. The number of likely N-dealkylation sites (tertiary alicyclic amines) is 1. The molecule has 3 aromatic rings. The first-order valence-electron chi connectivity index (χ1n) is 13.9. The Morgan fingerprint density at radius 2 is 2.00 bits per heavy atom. The number of cyclic esters (lactones) is 1. The third kappa shape index (κ3) is 4.08. The summed E-state index contributed by atoms with van der Waals surface area (Å²) in [7, 11) is 0. The molecular weight excluding hydrogens is 510 g/mol. The molecule has 2 aromatic heterocycles. The van der Waals surface area contributed by atoms with Crippen LogP contribution < -0.4 is 10.9 Å². The fraction of sp³-hybridized carbons (Fsp3) is 0.467. The summed E-state index contributed by atoms with van der Waals surface area (Å²) in [4.78, 5) is 36.7. The van der Waals surface area contributed by atoms with Crippen LogP contribution in [0.2, 0.25) is 0 Å². The monoisotopic (exact) mass is 543 g/mol. The molecule has 3 aliphatic rings. The molecule has 5 heterocycles. The van der Waals surface area contributed by atoms with Gasteiger partial charge in [-0.1, -0.05) is 20.8 Å². The van der Waals surface area contributed by atoms with Gasteiger partial charge in [0.2, 0.25) is 5.69 Å². The van der Waals surface area contributed by atoms with Crippen molar-refractivity contribution in [2.24, 2.45) is 0 Å². The number of hydrogen-bond acceptors (Lipinski definition) is 8. The number of phenolic OH excluding ortho intramolecular Hbond substituents is 1. The minimum Gasteiger partial charge on any atom is -0.519 e. The van der Waals surface area contributed by atoms with E-state index in [0.717, 1.165) is 36.9 Å². The van der Waals surface area contributed by atoms with E-state index >= 15 is 0 Å². The SMILES string of the molecule is [C-]#[N+]c1cc2nc3c(cc2c(CN2CCC(NC(C)C)CC2)c1O)Cn1c-3cc2c(c1=O)COC(=O)[C@]2(O)CC. The van der Waals surface area contributed by atoms with Gasteiger partial charge < -0.3 is 24.8 Å². The molecule has 0 amide bonds. The van der Waals surface area contributed by atoms with Crippen LogP contribution in [0.5, 0.6) is 5.75 Å². The second kappa shape index (κ2) is 9.70. The highest BCUT2D eigenvalue weighted by atomic mass is 16.6. The van der Waals surface area contributed by atoms with Crippen molar-refractivity contribution in [1.29, 1.82) is 0 Å². The fourth-order valence-electron chi connectivity index (χ4n) is 6.36. The van der Waals surface area contributed by atoms with E-state index in [-0.39, 0.29) is 47.7 Å². The molecule has 10 nitrogen and oxygen atoms in total. The molecule has 1 atom stereocenters. The van der Waals surface area contributed by atoms with Crippen LogP contribution in [-0.2, 0) is 34.8 Å². The molecule has 0 radical (unpaired) electrons. The molecule has 6 rings (SSSR count). The first-order valence-corrected chi connectivity index (χ1v) is 13.9. The lowest BCUT2D eigenvalue weighted by atomic mass is 9.86. The first-order chi connectivity index (χ1) is 19.1. The Hall–Kier alpha value is -3.78. The van der Waals surface area contributed by atoms with Crippen molar-refractivity contribution in [3.05, 3.63) is 62.2 Å². The van der Waals surface area contributed by atoms with Gasteiger partial charge in [-0.05, 0) is 50.6 Å². The number of aromatic hydroxyl groups is 1. The number of fused-ring (bicyclic) bond motifs is 5. The number of nitrogens with one attached hydrogen (secondary N) is 1. The molecule has 3 aliphatic heterocycles. The van der Waals surface area contributed by atoms with Gasteiger partial charge in [-0.3, -0.25) is 9.69 Å². The van der Waals surface area contributed by atoms with Crippen LogP contribution in [0.25, 0.3) is 27.1 Å². The summed E-state index contributed by atoms with van der Waals surface area (Å²) in [5.41, 5.74) is 1.56. The average Bonchev–Trinajstić information content (AvgIpc) is 3.30. The lowest BCUT2D eigenvalue weighted by Gasteiger charge is -2.33. The van der Waals surface area contributed by atoms with Crippen LogP contribution in [0.1, 0.15) is 62.3 Å². The summed E-state index contributed by atoms with van der Waals surface area (Å²) >= 11 is 0. The third-order valence-electron chi connectivity index (χ3n) is 8.53. The maximum Gasteiger partial charge on any atom is 0.343 e. The summed E-state index contributed by atoms with van der Waals surface area (Å²) < 4.78 is 6.75. The van der Waals surface area contributed by atoms with Crippen molar-refractivity contribution in [2.75, 3.05) is 13.1 Å². The minimum absolute atomic E-state index is 0.0292. The number of hydrogen-bond donors (Lipinski definition) is 3. The number of ether oxygens (including phenoxy) is 1. The number of benzene rings is 1. The number of rotatable bonds is 5. The Bertz CT molecular complexity index is 1650. The van der Waals surface area contributed by atoms with Gasteiger partial charge in [0.15, 0.2) is 5.60 Å². The third-order valence-corrected chi connectivity index (χ3v) is 8.53. The number of aliphatic hydroxyl groups is 1. The van der Waals surface area contributed by atoms with Gasteiger partial charge in [0.05, 0.1) is 35.6 Å². The molecule has 3 N–H and O–H groups in total. The van der Waals surface area contributed by atoms with E-state index in [1.807, 2.05) is 6.07 Å². The molecular formula is C30H33N5O5. The number of pyridine rings is 2. The lowest BCUT2D eigenvalue weighted by molar-refractivity contribution is -0.172. The average molecular weight is 544 g/mol. The van der Waals surface area contributed by atoms with Crippen LogP contribution in [0.3, 0.4) is 0 Å². The molecule has 0 aliphatic carbocycles. The second-order valence-corrected chi connectivity index (χ2v) is 11.4. The smallest absolute Gasteiger partial charge is 0.343 e. The molecule has 1 saturated heterocycles. The van der Waals surface area contributed by atoms with Gasteiger partial charge in [0.25, 0.3) is 5.56 Å². The zero-order chi connectivity index (χ0) is 28.3. The van der Waals surface area contributed by atoms with E-state index in [4.69, 9.17) is 16.3 Å². The number of phenols is 1. The molecule has 208 valence electrons. The van der Waals surface area contributed by atoms with Crippen molar-refractivity contribution in [2.45, 2.75) is 77.4 Å². The van der Waals surface area contributed by atoms with Gasteiger partial charge >= 0.3 is 5.97 Å². The standard InChI is InChI=1S/C30H33N5O5/c1-5-30(39)22-11-25-26-17(13-35(25)28(37)21(22)15-40-29(30)38)10-19-20(27(36)24(31-4)12-23(19)33-26)14-34-8-6-18(7-9-34)32-16(2)3/h10-12,16,18,32,36,39H,5-9,13-15H2,1-3H3/t30-/m0/s1. The van der Waals surface area contributed by atoms with Gasteiger partial charge in [-0.25, -0.2) is 14.6 Å². The molecule has 1 aromatic carbocycles. The molecule has 0 unspecified atom stereocenters. The summed E-state index contributed by atoms with van der Waals surface area (Å²) in [5.74, 6) is -0.791. The summed E-state index contributed by atoms with van der Waals surface area (Å²) in [5, 5.41) is 26.6.